The molecule has 0 saturated carbocycles. The van der Waals surface area contributed by atoms with E-state index in [1.54, 1.807) is 55.4 Å². The van der Waals surface area contributed by atoms with Crippen molar-refractivity contribution in [3.05, 3.63) is 63.6 Å². The molecule has 4 nitrogen and oxygen atoms in total. The van der Waals surface area contributed by atoms with E-state index in [1.165, 1.54) is 11.8 Å². The second-order valence-corrected chi connectivity index (χ2v) is 6.41. The molecule has 0 spiro atoms. The SMILES string of the molecule is CC(=O)N(Cc1ccc(Cl)c(Cl)c1)c1ccc(C(=O)N(C)C)cc1. The fraction of sp³-hybridized carbons (Fsp3) is 0.222. The molecule has 0 saturated heterocycles. The van der Waals surface area contributed by atoms with Crippen molar-refractivity contribution in [2.75, 3.05) is 19.0 Å². The quantitative estimate of drug-likeness (QED) is 0.813. The summed E-state index contributed by atoms with van der Waals surface area (Å²) in [6.45, 7) is 1.86. The summed E-state index contributed by atoms with van der Waals surface area (Å²) in [5, 5.41) is 0.922. The van der Waals surface area contributed by atoms with E-state index in [2.05, 4.69) is 0 Å². The molecular formula is C18H18Cl2N2O2. The molecule has 0 N–H and O–H groups in total. The summed E-state index contributed by atoms with van der Waals surface area (Å²) in [5.41, 5.74) is 2.15. The molecule has 0 aliphatic carbocycles. The molecule has 0 bridgehead atoms. The van der Waals surface area contributed by atoms with Crippen LogP contribution in [0.4, 0.5) is 5.69 Å². The van der Waals surface area contributed by atoms with Gasteiger partial charge in [0.15, 0.2) is 0 Å². The number of hydrogen-bond acceptors (Lipinski definition) is 2. The van der Waals surface area contributed by atoms with E-state index < -0.39 is 0 Å². The van der Waals surface area contributed by atoms with Crippen molar-refractivity contribution in [3.8, 4) is 0 Å². The van der Waals surface area contributed by atoms with E-state index in [0.29, 0.717) is 27.8 Å². The van der Waals surface area contributed by atoms with Gasteiger partial charge in [-0.2, -0.15) is 0 Å². The molecular weight excluding hydrogens is 347 g/mol. The van der Waals surface area contributed by atoms with Crippen molar-refractivity contribution in [1.29, 1.82) is 0 Å². The third-order valence-electron chi connectivity index (χ3n) is 3.54. The number of hydrogen-bond donors (Lipinski definition) is 0. The summed E-state index contributed by atoms with van der Waals surface area (Å²) < 4.78 is 0. The molecule has 0 aliphatic rings. The lowest BCUT2D eigenvalue weighted by Gasteiger charge is -2.22. The number of benzene rings is 2. The topological polar surface area (TPSA) is 40.6 Å². The largest absolute Gasteiger partial charge is 0.345 e. The first-order chi connectivity index (χ1) is 11.3. The van der Waals surface area contributed by atoms with Crippen LogP contribution in [0.1, 0.15) is 22.8 Å². The molecule has 2 rings (SSSR count). The summed E-state index contributed by atoms with van der Waals surface area (Å²) in [6.07, 6.45) is 0. The van der Waals surface area contributed by atoms with Crippen LogP contribution in [0.25, 0.3) is 0 Å². The Bertz CT molecular complexity index is 758. The normalized spacial score (nSPS) is 10.4. The Morgan fingerprint density at radius 3 is 2.08 bits per heavy atom. The lowest BCUT2D eigenvalue weighted by atomic mass is 10.1. The van der Waals surface area contributed by atoms with Crippen molar-refractivity contribution in [2.24, 2.45) is 0 Å². The zero-order valence-corrected chi connectivity index (χ0v) is 15.2. The predicted octanol–water partition coefficient (Wildman–Crippen LogP) is 4.25. The maximum Gasteiger partial charge on any atom is 0.253 e. The van der Waals surface area contributed by atoms with Gasteiger partial charge in [-0.1, -0.05) is 29.3 Å². The molecule has 126 valence electrons. The molecule has 2 amide bonds. The van der Waals surface area contributed by atoms with Gasteiger partial charge in [0.2, 0.25) is 5.91 Å². The van der Waals surface area contributed by atoms with Gasteiger partial charge in [-0.15, -0.1) is 0 Å². The molecule has 24 heavy (non-hydrogen) atoms. The number of nitrogens with zero attached hydrogens (tertiary/aromatic N) is 2. The van der Waals surface area contributed by atoms with Crippen LogP contribution in [0.15, 0.2) is 42.5 Å². The fourth-order valence-electron chi connectivity index (χ4n) is 2.25. The molecule has 0 atom stereocenters. The highest BCUT2D eigenvalue weighted by atomic mass is 35.5. The van der Waals surface area contributed by atoms with E-state index in [4.69, 9.17) is 23.2 Å². The minimum absolute atomic E-state index is 0.0830. The van der Waals surface area contributed by atoms with E-state index >= 15 is 0 Å². The number of carbonyl (C=O) groups is 2. The lowest BCUT2D eigenvalue weighted by Crippen LogP contribution is -2.28. The van der Waals surface area contributed by atoms with Gasteiger partial charge in [0, 0.05) is 32.3 Å². The van der Waals surface area contributed by atoms with Crippen LogP contribution >= 0.6 is 23.2 Å². The van der Waals surface area contributed by atoms with Gasteiger partial charge >= 0.3 is 0 Å². The van der Waals surface area contributed by atoms with Gasteiger partial charge < -0.3 is 9.80 Å². The van der Waals surface area contributed by atoms with Crippen LogP contribution in [0.5, 0.6) is 0 Å². The summed E-state index contributed by atoms with van der Waals surface area (Å²) in [5.74, 6) is -0.187. The highest BCUT2D eigenvalue weighted by Gasteiger charge is 2.14. The first-order valence-corrected chi connectivity index (χ1v) is 8.09. The Labute approximate surface area is 151 Å². The summed E-state index contributed by atoms with van der Waals surface area (Å²) in [4.78, 5) is 27.1. The van der Waals surface area contributed by atoms with Crippen molar-refractivity contribution in [1.82, 2.24) is 4.90 Å². The van der Waals surface area contributed by atoms with E-state index in [-0.39, 0.29) is 11.8 Å². The van der Waals surface area contributed by atoms with Crippen LogP contribution in [0.2, 0.25) is 10.0 Å². The molecule has 2 aromatic rings. The zero-order chi connectivity index (χ0) is 17.9. The molecule has 2 aromatic carbocycles. The van der Waals surface area contributed by atoms with Gasteiger partial charge in [-0.05, 0) is 42.0 Å². The maximum absolute atomic E-state index is 12.0. The van der Waals surface area contributed by atoms with Crippen LogP contribution in [-0.4, -0.2) is 30.8 Å². The minimum Gasteiger partial charge on any atom is -0.345 e. The van der Waals surface area contributed by atoms with E-state index in [1.807, 2.05) is 6.07 Å². The van der Waals surface area contributed by atoms with E-state index in [0.717, 1.165) is 5.56 Å². The number of carbonyl (C=O) groups excluding carboxylic acids is 2. The standard InChI is InChI=1S/C18H18Cl2N2O2/c1-12(23)22(11-13-4-9-16(19)17(20)10-13)15-7-5-14(6-8-15)18(24)21(2)3/h4-10H,11H2,1-3H3. The minimum atomic E-state index is -0.104. The van der Waals surface area contributed by atoms with Crippen LogP contribution < -0.4 is 4.90 Å². The lowest BCUT2D eigenvalue weighted by molar-refractivity contribution is -0.116. The third-order valence-corrected chi connectivity index (χ3v) is 4.28. The summed E-state index contributed by atoms with van der Waals surface area (Å²) in [7, 11) is 3.39. The Hall–Kier alpha value is -2.04. The Kier molecular flexibility index (Phi) is 5.86. The number of rotatable bonds is 4. The van der Waals surface area contributed by atoms with Crippen molar-refractivity contribution in [3.63, 3.8) is 0 Å². The number of amides is 2. The van der Waals surface area contributed by atoms with Gasteiger partial charge in [0.05, 0.1) is 16.6 Å². The van der Waals surface area contributed by atoms with Crippen molar-refractivity contribution < 1.29 is 9.59 Å². The average molecular weight is 365 g/mol. The van der Waals surface area contributed by atoms with Gasteiger partial charge in [0.1, 0.15) is 0 Å². The van der Waals surface area contributed by atoms with Crippen LogP contribution in [-0.2, 0) is 11.3 Å². The first kappa shape index (κ1) is 18.3. The highest BCUT2D eigenvalue weighted by Crippen LogP contribution is 2.25. The van der Waals surface area contributed by atoms with Crippen LogP contribution in [0, 0.1) is 0 Å². The summed E-state index contributed by atoms with van der Waals surface area (Å²) >= 11 is 12.0. The van der Waals surface area contributed by atoms with Crippen molar-refractivity contribution in [2.45, 2.75) is 13.5 Å². The second-order valence-electron chi connectivity index (χ2n) is 5.60. The molecule has 6 heteroatoms. The van der Waals surface area contributed by atoms with E-state index in [9.17, 15) is 9.59 Å². The highest BCUT2D eigenvalue weighted by molar-refractivity contribution is 6.42. The Balaban J connectivity index is 2.26. The molecule has 0 radical (unpaired) electrons. The molecule has 0 aliphatic heterocycles. The van der Waals surface area contributed by atoms with Gasteiger partial charge in [0.25, 0.3) is 5.91 Å². The average Bonchev–Trinajstić information content (AvgIpc) is 2.55. The maximum atomic E-state index is 12.0. The zero-order valence-electron chi connectivity index (χ0n) is 13.7. The summed E-state index contributed by atoms with van der Waals surface area (Å²) in [6, 6.07) is 12.2. The smallest absolute Gasteiger partial charge is 0.253 e. The predicted molar refractivity (Wildman–Crippen MR) is 97.8 cm³/mol. The van der Waals surface area contributed by atoms with Gasteiger partial charge in [-0.25, -0.2) is 0 Å². The fourth-order valence-corrected chi connectivity index (χ4v) is 2.57. The number of anilines is 1. The molecule has 0 aromatic heterocycles. The Morgan fingerprint density at radius 2 is 1.58 bits per heavy atom. The molecule has 0 unspecified atom stereocenters. The monoisotopic (exact) mass is 364 g/mol. The third kappa shape index (κ3) is 4.28. The molecule has 0 heterocycles. The first-order valence-electron chi connectivity index (χ1n) is 7.33. The molecule has 0 fully saturated rings. The van der Waals surface area contributed by atoms with Crippen LogP contribution in [0.3, 0.4) is 0 Å². The number of halogens is 2. The second kappa shape index (κ2) is 7.69. The van der Waals surface area contributed by atoms with Gasteiger partial charge in [-0.3, -0.25) is 9.59 Å². The van der Waals surface area contributed by atoms with Crippen molar-refractivity contribution >= 4 is 40.7 Å². The Morgan fingerprint density at radius 1 is 0.958 bits per heavy atom.